The maximum atomic E-state index is 13.4. The third-order valence-electron chi connectivity index (χ3n) is 2.98. The number of nitrogens with one attached hydrogen (secondary N) is 1. The maximum Gasteiger partial charge on any atom is 0.142 e. The minimum absolute atomic E-state index is 0.100. The molecule has 0 aliphatic carbocycles. The Hall–Kier alpha value is -1.61. The maximum absolute atomic E-state index is 13.4. The average molecular weight is 282 g/mol. The van der Waals surface area contributed by atoms with Crippen molar-refractivity contribution >= 4 is 17.3 Å². The van der Waals surface area contributed by atoms with Gasteiger partial charge in [0.15, 0.2) is 0 Å². The predicted octanol–water partition coefficient (Wildman–Crippen LogP) is 5.10. The Morgan fingerprint density at radius 3 is 2.42 bits per heavy atom. The predicted molar refractivity (Wildman–Crippen MR) is 74.6 cm³/mol. The molecular formula is C15H14ClF2N. The molecule has 1 nitrogen and oxygen atoms in total. The SMILES string of the molecule is Cc1cc(NC(C)c2ccc(Cl)c(F)c2)ccc1F. The molecule has 0 fully saturated rings. The van der Waals surface area contributed by atoms with E-state index in [0.717, 1.165) is 11.3 Å². The van der Waals surface area contributed by atoms with Crippen molar-refractivity contribution < 1.29 is 8.78 Å². The normalized spacial score (nSPS) is 12.3. The van der Waals surface area contributed by atoms with Crippen LogP contribution in [-0.2, 0) is 0 Å². The van der Waals surface area contributed by atoms with Crippen LogP contribution in [0.4, 0.5) is 14.5 Å². The van der Waals surface area contributed by atoms with Gasteiger partial charge in [-0.1, -0.05) is 17.7 Å². The number of aryl methyl sites for hydroxylation is 1. The summed E-state index contributed by atoms with van der Waals surface area (Å²) in [4.78, 5) is 0. The fourth-order valence-electron chi connectivity index (χ4n) is 1.85. The highest BCUT2D eigenvalue weighted by Crippen LogP contribution is 2.24. The van der Waals surface area contributed by atoms with Gasteiger partial charge in [-0.15, -0.1) is 0 Å². The van der Waals surface area contributed by atoms with Gasteiger partial charge in [0.2, 0.25) is 0 Å². The Bertz CT molecular complexity index is 599. The van der Waals surface area contributed by atoms with E-state index in [2.05, 4.69) is 5.32 Å². The molecular weight excluding hydrogens is 268 g/mol. The van der Waals surface area contributed by atoms with Crippen molar-refractivity contribution in [3.8, 4) is 0 Å². The van der Waals surface area contributed by atoms with Gasteiger partial charge in [-0.25, -0.2) is 8.78 Å². The van der Waals surface area contributed by atoms with Gasteiger partial charge in [-0.3, -0.25) is 0 Å². The van der Waals surface area contributed by atoms with E-state index in [1.807, 2.05) is 6.92 Å². The van der Waals surface area contributed by atoms with Crippen molar-refractivity contribution in [2.24, 2.45) is 0 Å². The molecule has 0 aliphatic heterocycles. The van der Waals surface area contributed by atoms with Crippen LogP contribution in [-0.4, -0.2) is 0 Å². The highest BCUT2D eigenvalue weighted by molar-refractivity contribution is 6.30. The Morgan fingerprint density at radius 1 is 1.05 bits per heavy atom. The van der Waals surface area contributed by atoms with Gasteiger partial charge in [0, 0.05) is 11.7 Å². The second-order valence-corrected chi connectivity index (χ2v) is 4.91. The molecule has 2 rings (SSSR count). The van der Waals surface area contributed by atoms with Crippen LogP contribution in [0.2, 0.25) is 5.02 Å². The first-order valence-corrected chi connectivity index (χ1v) is 6.33. The monoisotopic (exact) mass is 281 g/mol. The molecule has 0 heterocycles. The second-order valence-electron chi connectivity index (χ2n) is 4.50. The van der Waals surface area contributed by atoms with Gasteiger partial charge in [-0.2, -0.15) is 0 Å². The second kappa shape index (κ2) is 5.57. The van der Waals surface area contributed by atoms with Gasteiger partial charge < -0.3 is 5.32 Å². The lowest BCUT2D eigenvalue weighted by Gasteiger charge is -2.16. The molecule has 0 bridgehead atoms. The van der Waals surface area contributed by atoms with E-state index in [-0.39, 0.29) is 16.9 Å². The Labute approximate surface area is 116 Å². The summed E-state index contributed by atoms with van der Waals surface area (Å²) in [6.45, 7) is 3.61. The minimum Gasteiger partial charge on any atom is -0.379 e. The van der Waals surface area contributed by atoms with E-state index in [1.165, 1.54) is 18.2 Å². The van der Waals surface area contributed by atoms with Gasteiger partial charge in [0.1, 0.15) is 11.6 Å². The van der Waals surface area contributed by atoms with E-state index >= 15 is 0 Å². The fraction of sp³-hybridized carbons (Fsp3) is 0.200. The van der Waals surface area contributed by atoms with E-state index in [1.54, 1.807) is 25.1 Å². The smallest absolute Gasteiger partial charge is 0.142 e. The summed E-state index contributed by atoms with van der Waals surface area (Å²) in [5, 5.41) is 3.30. The van der Waals surface area contributed by atoms with Crippen molar-refractivity contribution in [3.63, 3.8) is 0 Å². The topological polar surface area (TPSA) is 12.0 Å². The van der Waals surface area contributed by atoms with E-state index in [4.69, 9.17) is 11.6 Å². The van der Waals surface area contributed by atoms with E-state index in [9.17, 15) is 8.78 Å². The Morgan fingerprint density at radius 2 is 1.79 bits per heavy atom. The van der Waals surface area contributed by atoms with Gasteiger partial charge in [-0.05, 0) is 55.3 Å². The lowest BCUT2D eigenvalue weighted by atomic mass is 10.1. The van der Waals surface area contributed by atoms with Crippen LogP contribution in [0.15, 0.2) is 36.4 Å². The number of anilines is 1. The molecule has 1 N–H and O–H groups in total. The molecule has 0 radical (unpaired) electrons. The third kappa shape index (κ3) is 3.24. The highest BCUT2D eigenvalue weighted by Gasteiger charge is 2.09. The molecule has 0 aliphatic rings. The Balaban J connectivity index is 2.17. The number of benzene rings is 2. The van der Waals surface area contributed by atoms with Crippen LogP contribution in [0.3, 0.4) is 0 Å². The summed E-state index contributed by atoms with van der Waals surface area (Å²) in [5.74, 6) is -0.682. The fourth-order valence-corrected chi connectivity index (χ4v) is 1.97. The van der Waals surface area contributed by atoms with Crippen LogP contribution in [0.5, 0.6) is 0 Å². The van der Waals surface area contributed by atoms with Crippen LogP contribution in [0.1, 0.15) is 24.1 Å². The lowest BCUT2D eigenvalue weighted by Crippen LogP contribution is -2.07. The summed E-state index contributed by atoms with van der Waals surface area (Å²) in [5.41, 5.74) is 2.14. The van der Waals surface area contributed by atoms with Gasteiger partial charge >= 0.3 is 0 Å². The summed E-state index contributed by atoms with van der Waals surface area (Å²) < 4.78 is 26.6. The zero-order valence-corrected chi connectivity index (χ0v) is 11.4. The van der Waals surface area contributed by atoms with Crippen LogP contribution >= 0.6 is 11.6 Å². The molecule has 2 aromatic rings. The molecule has 0 aromatic heterocycles. The number of rotatable bonds is 3. The summed E-state index contributed by atoms with van der Waals surface area (Å²) in [6.07, 6.45) is 0. The quantitative estimate of drug-likeness (QED) is 0.825. The van der Waals surface area contributed by atoms with Crippen molar-refractivity contribution in [1.82, 2.24) is 0 Å². The largest absolute Gasteiger partial charge is 0.379 e. The van der Waals surface area contributed by atoms with E-state index in [0.29, 0.717) is 5.56 Å². The molecule has 1 unspecified atom stereocenters. The Kier molecular flexibility index (Phi) is 4.05. The molecule has 0 saturated heterocycles. The number of hydrogen-bond acceptors (Lipinski definition) is 1. The van der Waals surface area contributed by atoms with Crippen LogP contribution in [0, 0.1) is 18.6 Å². The average Bonchev–Trinajstić information content (AvgIpc) is 2.37. The van der Waals surface area contributed by atoms with Crippen molar-refractivity contribution in [3.05, 3.63) is 64.2 Å². The number of hydrogen-bond donors (Lipinski definition) is 1. The molecule has 4 heteroatoms. The number of halogens is 3. The third-order valence-corrected chi connectivity index (χ3v) is 3.29. The van der Waals surface area contributed by atoms with Crippen LogP contribution in [0.25, 0.3) is 0 Å². The van der Waals surface area contributed by atoms with Crippen molar-refractivity contribution in [2.75, 3.05) is 5.32 Å². The summed E-state index contributed by atoms with van der Waals surface area (Å²) in [7, 11) is 0. The van der Waals surface area contributed by atoms with Crippen molar-refractivity contribution in [1.29, 1.82) is 0 Å². The van der Waals surface area contributed by atoms with Crippen LogP contribution < -0.4 is 5.32 Å². The summed E-state index contributed by atoms with van der Waals surface area (Å²) in [6, 6.07) is 9.38. The molecule has 19 heavy (non-hydrogen) atoms. The molecule has 0 spiro atoms. The summed E-state index contributed by atoms with van der Waals surface area (Å²) >= 11 is 5.65. The first-order chi connectivity index (χ1) is 8.97. The molecule has 2 aromatic carbocycles. The zero-order chi connectivity index (χ0) is 14.0. The highest BCUT2D eigenvalue weighted by atomic mass is 35.5. The lowest BCUT2D eigenvalue weighted by molar-refractivity contribution is 0.618. The first-order valence-electron chi connectivity index (χ1n) is 5.95. The van der Waals surface area contributed by atoms with Gasteiger partial charge in [0.25, 0.3) is 0 Å². The molecule has 1 atom stereocenters. The minimum atomic E-state index is -0.442. The van der Waals surface area contributed by atoms with E-state index < -0.39 is 5.82 Å². The first kappa shape index (κ1) is 13.8. The van der Waals surface area contributed by atoms with Gasteiger partial charge in [0.05, 0.1) is 5.02 Å². The zero-order valence-electron chi connectivity index (χ0n) is 10.7. The molecule has 0 amide bonds. The molecule has 100 valence electrons. The standard InChI is InChI=1S/C15H14ClF2N/c1-9-7-12(4-6-14(9)17)19-10(2)11-3-5-13(16)15(18)8-11/h3-8,10,19H,1-2H3. The molecule has 0 saturated carbocycles. The van der Waals surface area contributed by atoms with Crippen molar-refractivity contribution in [2.45, 2.75) is 19.9 Å².